The number of sulfonamides is 1. The van der Waals surface area contributed by atoms with E-state index in [9.17, 15) is 26.4 Å². The van der Waals surface area contributed by atoms with Gasteiger partial charge in [-0.1, -0.05) is 0 Å². The molecule has 22 heavy (non-hydrogen) atoms. The Morgan fingerprint density at radius 3 is 2.36 bits per heavy atom. The Labute approximate surface area is 124 Å². The summed E-state index contributed by atoms with van der Waals surface area (Å²) in [4.78, 5) is 10.2. The molecule has 2 N–H and O–H groups in total. The van der Waals surface area contributed by atoms with Gasteiger partial charge >= 0.3 is 6.18 Å². The third-order valence-corrected chi connectivity index (χ3v) is 5.44. The van der Waals surface area contributed by atoms with Crippen molar-refractivity contribution in [2.24, 2.45) is 18.7 Å². The molecule has 1 fully saturated rings. The molecule has 1 aliphatic rings. The molecular weight excluding hydrogens is 325 g/mol. The minimum atomic E-state index is -4.87. The summed E-state index contributed by atoms with van der Waals surface area (Å²) in [5.74, 6) is -0.989. The van der Waals surface area contributed by atoms with Gasteiger partial charge in [-0.2, -0.15) is 22.6 Å². The monoisotopic (exact) mass is 340 g/mol. The molecular formula is C11H15F3N4O3S. The summed E-state index contributed by atoms with van der Waals surface area (Å²) in [6.45, 7) is -0.107. The van der Waals surface area contributed by atoms with Crippen LogP contribution in [0.4, 0.5) is 13.2 Å². The molecule has 2 rings (SSSR count). The van der Waals surface area contributed by atoms with Crippen LogP contribution >= 0.6 is 0 Å². The molecule has 124 valence electrons. The first-order valence-corrected chi connectivity index (χ1v) is 7.88. The van der Waals surface area contributed by atoms with Crippen LogP contribution in [0.5, 0.6) is 0 Å². The second-order valence-corrected chi connectivity index (χ2v) is 7.00. The molecule has 0 radical (unpaired) electrons. The van der Waals surface area contributed by atoms with Gasteiger partial charge in [0.25, 0.3) is 0 Å². The molecule has 1 aromatic rings. The number of rotatable bonds is 3. The topological polar surface area (TPSA) is 98.3 Å². The van der Waals surface area contributed by atoms with E-state index < -0.39 is 38.6 Å². The molecule has 0 spiro atoms. The van der Waals surface area contributed by atoms with Gasteiger partial charge in [-0.3, -0.25) is 9.48 Å². The van der Waals surface area contributed by atoms with Crippen molar-refractivity contribution in [3.63, 3.8) is 0 Å². The van der Waals surface area contributed by atoms with E-state index in [1.165, 1.54) is 7.05 Å². The van der Waals surface area contributed by atoms with Gasteiger partial charge in [-0.05, 0) is 12.8 Å². The number of primary amides is 1. The first kappa shape index (κ1) is 16.7. The summed E-state index contributed by atoms with van der Waals surface area (Å²) >= 11 is 0. The lowest BCUT2D eigenvalue weighted by Crippen LogP contribution is -2.42. The van der Waals surface area contributed by atoms with Crippen molar-refractivity contribution in [2.45, 2.75) is 23.9 Å². The van der Waals surface area contributed by atoms with Gasteiger partial charge in [0.15, 0.2) is 5.69 Å². The average Bonchev–Trinajstić information content (AvgIpc) is 2.82. The Morgan fingerprint density at radius 2 is 1.91 bits per heavy atom. The van der Waals surface area contributed by atoms with Crippen molar-refractivity contribution in [3.8, 4) is 0 Å². The minimum Gasteiger partial charge on any atom is -0.369 e. The number of nitrogens with two attached hydrogens (primary N) is 1. The van der Waals surface area contributed by atoms with Crippen molar-refractivity contribution in [1.82, 2.24) is 14.1 Å². The van der Waals surface area contributed by atoms with Crippen LogP contribution in [0.25, 0.3) is 0 Å². The first-order chi connectivity index (χ1) is 10.0. The molecule has 0 unspecified atom stereocenters. The smallest absolute Gasteiger partial charge is 0.369 e. The number of piperidine rings is 1. The first-order valence-electron chi connectivity index (χ1n) is 6.44. The zero-order chi connectivity index (χ0) is 16.7. The Morgan fingerprint density at radius 1 is 1.36 bits per heavy atom. The zero-order valence-corrected chi connectivity index (χ0v) is 12.5. The third kappa shape index (κ3) is 3.09. The SMILES string of the molecule is Cn1cc(S(=O)(=O)N2CCC(C(N)=O)CC2)c(C(F)(F)F)n1. The highest BCUT2D eigenvalue weighted by Crippen LogP contribution is 2.35. The van der Waals surface area contributed by atoms with Crippen LogP contribution < -0.4 is 5.73 Å². The van der Waals surface area contributed by atoms with E-state index in [4.69, 9.17) is 5.73 Å². The van der Waals surface area contributed by atoms with Crippen LogP contribution in [0.2, 0.25) is 0 Å². The van der Waals surface area contributed by atoms with E-state index in [0.29, 0.717) is 0 Å². The van der Waals surface area contributed by atoms with Gasteiger partial charge in [0.2, 0.25) is 15.9 Å². The van der Waals surface area contributed by atoms with Gasteiger partial charge in [-0.25, -0.2) is 8.42 Å². The normalized spacial score (nSPS) is 18.5. The summed E-state index contributed by atoms with van der Waals surface area (Å²) in [5, 5.41) is 3.20. The number of carbonyl (C=O) groups is 1. The van der Waals surface area contributed by atoms with Gasteiger partial charge < -0.3 is 5.73 Å². The summed E-state index contributed by atoms with van der Waals surface area (Å²) in [7, 11) is -3.11. The molecule has 0 bridgehead atoms. The van der Waals surface area contributed by atoms with Crippen LogP contribution in [0.3, 0.4) is 0 Å². The predicted molar refractivity (Wildman–Crippen MR) is 68.9 cm³/mol. The molecule has 1 amide bonds. The van der Waals surface area contributed by atoms with Crippen molar-refractivity contribution in [2.75, 3.05) is 13.1 Å². The fraction of sp³-hybridized carbons (Fsp3) is 0.636. The average molecular weight is 340 g/mol. The molecule has 0 atom stereocenters. The van der Waals surface area contributed by atoms with Crippen LogP contribution in [0.15, 0.2) is 11.1 Å². The lowest BCUT2D eigenvalue weighted by atomic mass is 9.98. The summed E-state index contributed by atoms with van der Waals surface area (Å²) < 4.78 is 65.3. The second-order valence-electron chi connectivity index (χ2n) is 5.09. The number of aromatic nitrogens is 2. The Hall–Kier alpha value is -1.62. The van der Waals surface area contributed by atoms with Crippen LogP contribution in [0, 0.1) is 5.92 Å². The van der Waals surface area contributed by atoms with Gasteiger partial charge in [0, 0.05) is 32.3 Å². The second kappa shape index (κ2) is 5.54. The maximum Gasteiger partial charge on any atom is 0.436 e. The largest absolute Gasteiger partial charge is 0.436 e. The molecule has 0 saturated carbocycles. The number of hydrogen-bond donors (Lipinski definition) is 1. The Bertz CT molecular complexity index is 675. The number of nitrogens with zero attached hydrogens (tertiary/aromatic N) is 3. The zero-order valence-electron chi connectivity index (χ0n) is 11.7. The van der Waals surface area contributed by atoms with Crippen molar-refractivity contribution < 1.29 is 26.4 Å². The Kier molecular flexibility index (Phi) is 4.22. The lowest BCUT2D eigenvalue weighted by Gasteiger charge is -2.29. The molecule has 1 saturated heterocycles. The van der Waals surface area contributed by atoms with Crippen LogP contribution in [-0.2, 0) is 28.0 Å². The molecule has 0 aliphatic carbocycles. The van der Waals surface area contributed by atoms with Crippen molar-refractivity contribution >= 4 is 15.9 Å². The molecule has 1 aromatic heterocycles. The van der Waals surface area contributed by atoms with Gasteiger partial charge in [0.1, 0.15) is 4.90 Å². The number of hydrogen-bond acceptors (Lipinski definition) is 4. The Balaban J connectivity index is 2.31. The lowest BCUT2D eigenvalue weighted by molar-refractivity contribution is -0.143. The molecule has 1 aliphatic heterocycles. The summed E-state index contributed by atoms with van der Waals surface area (Å²) in [6.07, 6.45) is -3.65. The third-order valence-electron chi connectivity index (χ3n) is 3.54. The number of amides is 1. The molecule has 0 aromatic carbocycles. The van der Waals surface area contributed by atoms with E-state index in [0.717, 1.165) is 15.2 Å². The van der Waals surface area contributed by atoms with Gasteiger partial charge in [-0.15, -0.1) is 0 Å². The number of halogens is 3. The highest BCUT2D eigenvalue weighted by molar-refractivity contribution is 7.89. The van der Waals surface area contributed by atoms with E-state index >= 15 is 0 Å². The predicted octanol–water partition coefficient (Wildman–Crippen LogP) is 0.325. The van der Waals surface area contributed by atoms with E-state index in [1.54, 1.807) is 0 Å². The maximum atomic E-state index is 12.9. The fourth-order valence-corrected chi connectivity index (χ4v) is 4.03. The highest BCUT2D eigenvalue weighted by atomic mass is 32.2. The number of carbonyl (C=O) groups excluding carboxylic acids is 1. The number of alkyl halides is 3. The summed E-state index contributed by atoms with van der Waals surface area (Å²) in [6, 6.07) is 0. The van der Waals surface area contributed by atoms with E-state index in [1.807, 2.05) is 0 Å². The quantitative estimate of drug-likeness (QED) is 0.857. The number of aryl methyl sites for hydroxylation is 1. The van der Waals surface area contributed by atoms with Crippen molar-refractivity contribution in [1.29, 1.82) is 0 Å². The molecule has 7 nitrogen and oxygen atoms in total. The van der Waals surface area contributed by atoms with Crippen molar-refractivity contribution in [3.05, 3.63) is 11.9 Å². The highest BCUT2D eigenvalue weighted by Gasteiger charge is 2.43. The van der Waals surface area contributed by atoms with Gasteiger partial charge in [0.05, 0.1) is 0 Å². The maximum absolute atomic E-state index is 12.9. The standard InChI is InChI=1S/C11H15F3N4O3S/c1-17-6-8(9(16-17)11(12,13)14)22(20,21)18-4-2-7(3-5-18)10(15)19/h6-7H,2-5H2,1H3,(H2,15,19). The molecule has 11 heteroatoms. The fourth-order valence-electron chi connectivity index (χ4n) is 2.37. The van der Waals surface area contributed by atoms with Crippen LogP contribution in [-0.4, -0.2) is 41.5 Å². The van der Waals surface area contributed by atoms with Crippen LogP contribution in [0.1, 0.15) is 18.5 Å². The van der Waals surface area contributed by atoms with E-state index in [-0.39, 0.29) is 25.9 Å². The minimum absolute atomic E-state index is 0.0534. The summed E-state index contributed by atoms with van der Waals surface area (Å²) in [5.41, 5.74) is 3.71. The van der Waals surface area contributed by atoms with E-state index in [2.05, 4.69) is 5.10 Å². The molecule has 2 heterocycles.